The fraction of sp³-hybridized carbons (Fsp3) is 0.583. The van der Waals surface area contributed by atoms with Crippen LogP contribution < -0.4 is 5.56 Å². The van der Waals surface area contributed by atoms with Crippen molar-refractivity contribution in [2.24, 2.45) is 5.92 Å². The van der Waals surface area contributed by atoms with Gasteiger partial charge in [0.2, 0.25) is 5.92 Å². The number of halogens is 2. The summed E-state index contributed by atoms with van der Waals surface area (Å²) in [7, 11) is 0. The summed E-state index contributed by atoms with van der Waals surface area (Å²) in [6, 6.07) is 4.98. The van der Waals surface area contributed by atoms with Crippen LogP contribution in [0.4, 0.5) is 8.78 Å². The van der Waals surface area contributed by atoms with Crippen molar-refractivity contribution in [1.29, 1.82) is 0 Å². The highest BCUT2D eigenvalue weighted by atomic mass is 19.3. The van der Waals surface area contributed by atoms with E-state index in [1.807, 2.05) is 0 Å². The van der Waals surface area contributed by atoms with Crippen LogP contribution in [0, 0.1) is 5.92 Å². The first-order valence-electron chi connectivity index (χ1n) is 5.60. The Morgan fingerprint density at radius 3 is 2.62 bits per heavy atom. The minimum atomic E-state index is -2.49. The molecule has 0 spiro atoms. The lowest BCUT2D eigenvalue weighted by Crippen LogP contribution is -2.29. The number of hydrogen-bond acceptors (Lipinski definition) is 1. The van der Waals surface area contributed by atoms with E-state index < -0.39 is 5.92 Å². The molecule has 2 rings (SSSR count). The first-order valence-corrected chi connectivity index (χ1v) is 5.60. The lowest BCUT2D eigenvalue weighted by atomic mass is 9.87. The molecular formula is C12H15F2NO. The van der Waals surface area contributed by atoms with Crippen LogP contribution in [0.15, 0.2) is 29.2 Å². The monoisotopic (exact) mass is 227 g/mol. The van der Waals surface area contributed by atoms with Crippen LogP contribution in [0.1, 0.15) is 25.7 Å². The van der Waals surface area contributed by atoms with Gasteiger partial charge in [-0.1, -0.05) is 6.07 Å². The number of hydrogen-bond donors (Lipinski definition) is 0. The van der Waals surface area contributed by atoms with Gasteiger partial charge in [-0.05, 0) is 24.8 Å². The summed E-state index contributed by atoms with van der Waals surface area (Å²) >= 11 is 0. The summed E-state index contributed by atoms with van der Waals surface area (Å²) in [5, 5.41) is 0. The van der Waals surface area contributed by atoms with Crippen molar-refractivity contribution in [2.75, 3.05) is 0 Å². The maximum absolute atomic E-state index is 12.9. The van der Waals surface area contributed by atoms with Gasteiger partial charge in [0.05, 0.1) is 0 Å². The van der Waals surface area contributed by atoms with Gasteiger partial charge in [0.25, 0.3) is 5.56 Å². The summed E-state index contributed by atoms with van der Waals surface area (Å²) < 4.78 is 27.5. The molecule has 1 fully saturated rings. The Hall–Kier alpha value is -1.19. The van der Waals surface area contributed by atoms with Gasteiger partial charge in [-0.2, -0.15) is 0 Å². The van der Waals surface area contributed by atoms with Crippen molar-refractivity contribution in [3.63, 3.8) is 0 Å². The molecule has 0 N–H and O–H groups in total. The molecule has 0 aliphatic heterocycles. The van der Waals surface area contributed by atoms with Gasteiger partial charge in [0, 0.05) is 31.6 Å². The SMILES string of the molecule is O=c1ccccn1CC1CCC(F)(F)CC1. The molecular weight excluding hydrogens is 212 g/mol. The Balaban J connectivity index is 1.97. The van der Waals surface area contributed by atoms with Crippen LogP contribution in [0.5, 0.6) is 0 Å². The topological polar surface area (TPSA) is 22.0 Å². The van der Waals surface area contributed by atoms with Gasteiger partial charge < -0.3 is 4.57 Å². The average molecular weight is 227 g/mol. The molecule has 2 nitrogen and oxygen atoms in total. The zero-order chi connectivity index (χ0) is 11.6. The van der Waals surface area contributed by atoms with Gasteiger partial charge in [0.15, 0.2) is 0 Å². The van der Waals surface area contributed by atoms with E-state index in [-0.39, 0.29) is 24.3 Å². The molecule has 1 aliphatic rings. The second-order valence-electron chi connectivity index (χ2n) is 4.49. The Bertz CT molecular complexity index is 403. The van der Waals surface area contributed by atoms with Crippen molar-refractivity contribution in [2.45, 2.75) is 38.2 Å². The summed E-state index contributed by atoms with van der Waals surface area (Å²) in [5.41, 5.74) is -0.0557. The highest BCUT2D eigenvalue weighted by molar-refractivity contribution is 4.93. The zero-order valence-corrected chi connectivity index (χ0v) is 9.03. The fourth-order valence-electron chi connectivity index (χ4n) is 2.17. The number of pyridine rings is 1. The van der Waals surface area contributed by atoms with E-state index >= 15 is 0 Å². The summed E-state index contributed by atoms with van der Waals surface area (Å²) in [6.45, 7) is 0.565. The highest BCUT2D eigenvalue weighted by Gasteiger charge is 2.34. The minimum Gasteiger partial charge on any atom is -0.315 e. The maximum Gasteiger partial charge on any atom is 0.250 e. The highest BCUT2D eigenvalue weighted by Crippen LogP contribution is 2.36. The molecule has 0 aromatic carbocycles. The molecule has 1 saturated carbocycles. The molecule has 1 heterocycles. The average Bonchev–Trinajstić information content (AvgIpc) is 2.24. The van der Waals surface area contributed by atoms with Crippen LogP contribution in [-0.4, -0.2) is 10.5 Å². The normalized spacial score (nSPS) is 20.9. The number of alkyl halides is 2. The standard InChI is InChI=1S/C12H15F2NO/c13-12(14)6-4-10(5-7-12)9-15-8-2-1-3-11(15)16/h1-3,8,10H,4-7,9H2. The lowest BCUT2D eigenvalue weighted by Gasteiger charge is -2.28. The summed E-state index contributed by atoms with van der Waals surface area (Å²) in [6.07, 6.45) is 2.65. The summed E-state index contributed by atoms with van der Waals surface area (Å²) in [5.74, 6) is -2.28. The first kappa shape index (κ1) is 11.3. The van der Waals surface area contributed by atoms with Crippen molar-refractivity contribution >= 4 is 0 Å². The third-order valence-electron chi connectivity index (χ3n) is 3.19. The van der Waals surface area contributed by atoms with E-state index in [0.717, 1.165) is 0 Å². The molecule has 0 unspecified atom stereocenters. The van der Waals surface area contributed by atoms with Crippen LogP contribution in [0.3, 0.4) is 0 Å². The van der Waals surface area contributed by atoms with Crippen molar-refractivity contribution in [1.82, 2.24) is 4.57 Å². The minimum absolute atomic E-state index is 0.0424. The van der Waals surface area contributed by atoms with E-state index in [9.17, 15) is 13.6 Å². The Morgan fingerprint density at radius 1 is 1.31 bits per heavy atom. The Kier molecular flexibility index (Phi) is 3.08. The molecule has 1 aromatic rings. The van der Waals surface area contributed by atoms with E-state index in [4.69, 9.17) is 0 Å². The Labute approximate surface area is 92.9 Å². The molecule has 0 atom stereocenters. The number of nitrogens with zero attached hydrogens (tertiary/aromatic N) is 1. The van der Waals surface area contributed by atoms with E-state index in [2.05, 4.69) is 0 Å². The molecule has 16 heavy (non-hydrogen) atoms. The fourth-order valence-corrected chi connectivity index (χ4v) is 2.17. The second-order valence-corrected chi connectivity index (χ2v) is 4.49. The third kappa shape index (κ3) is 2.68. The smallest absolute Gasteiger partial charge is 0.250 e. The molecule has 0 bridgehead atoms. The van der Waals surface area contributed by atoms with E-state index in [0.29, 0.717) is 19.4 Å². The van der Waals surface area contributed by atoms with Crippen molar-refractivity contribution in [3.05, 3.63) is 34.7 Å². The molecule has 0 amide bonds. The lowest BCUT2D eigenvalue weighted by molar-refractivity contribution is -0.0474. The van der Waals surface area contributed by atoms with Crippen molar-refractivity contribution in [3.8, 4) is 0 Å². The van der Waals surface area contributed by atoms with E-state index in [1.165, 1.54) is 6.07 Å². The molecule has 4 heteroatoms. The van der Waals surface area contributed by atoms with E-state index in [1.54, 1.807) is 22.9 Å². The van der Waals surface area contributed by atoms with Crippen LogP contribution in [0.25, 0.3) is 0 Å². The molecule has 1 aliphatic carbocycles. The second kappa shape index (κ2) is 4.36. The van der Waals surface area contributed by atoms with Gasteiger partial charge in [0.1, 0.15) is 0 Å². The maximum atomic E-state index is 12.9. The van der Waals surface area contributed by atoms with Crippen molar-refractivity contribution < 1.29 is 8.78 Å². The molecule has 88 valence electrons. The van der Waals surface area contributed by atoms with Gasteiger partial charge in [-0.15, -0.1) is 0 Å². The summed E-state index contributed by atoms with van der Waals surface area (Å²) in [4.78, 5) is 11.4. The third-order valence-corrected chi connectivity index (χ3v) is 3.19. The van der Waals surface area contributed by atoms with Gasteiger partial charge in [-0.25, -0.2) is 8.78 Å². The number of rotatable bonds is 2. The largest absolute Gasteiger partial charge is 0.315 e. The number of aromatic nitrogens is 1. The predicted molar refractivity (Wildman–Crippen MR) is 57.6 cm³/mol. The molecule has 0 saturated heterocycles. The van der Waals surface area contributed by atoms with Crippen LogP contribution in [-0.2, 0) is 6.54 Å². The Morgan fingerprint density at radius 2 is 2.00 bits per heavy atom. The van der Waals surface area contributed by atoms with Crippen LogP contribution >= 0.6 is 0 Å². The predicted octanol–water partition coefficient (Wildman–Crippen LogP) is 2.67. The van der Waals surface area contributed by atoms with Gasteiger partial charge in [-0.3, -0.25) is 4.79 Å². The zero-order valence-electron chi connectivity index (χ0n) is 9.03. The molecule has 1 aromatic heterocycles. The van der Waals surface area contributed by atoms with Gasteiger partial charge >= 0.3 is 0 Å². The van der Waals surface area contributed by atoms with Crippen LogP contribution in [0.2, 0.25) is 0 Å². The molecule has 0 radical (unpaired) electrons. The first-order chi connectivity index (χ1) is 7.57. The quantitative estimate of drug-likeness (QED) is 0.761.